The molecule has 1 aromatic rings. The summed E-state index contributed by atoms with van der Waals surface area (Å²) in [5.41, 5.74) is 7.89. The van der Waals surface area contributed by atoms with Crippen LogP contribution in [0.2, 0.25) is 0 Å². The van der Waals surface area contributed by atoms with E-state index in [4.69, 9.17) is 5.73 Å². The molecule has 0 spiro atoms. The number of amides is 1. The Labute approximate surface area is 114 Å². The van der Waals surface area contributed by atoms with Gasteiger partial charge in [0.15, 0.2) is 0 Å². The summed E-state index contributed by atoms with van der Waals surface area (Å²) in [6, 6.07) is 3.90. The summed E-state index contributed by atoms with van der Waals surface area (Å²) >= 11 is 0. The van der Waals surface area contributed by atoms with E-state index in [2.05, 4.69) is 10.3 Å². The van der Waals surface area contributed by atoms with Gasteiger partial charge in [0.05, 0.1) is 18.2 Å². The van der Waals surface area contributed by atoms with Crippen LogP contribution < -0.4 is 11.1 Å². The minimum atomic E-state index is -0.374. The fourth-order valence-corrected chi connectivity index (χ4v) is 2.79. The van der Waals surface area contributed by atoms with Crippen LogP contribution in [0.3, 0.4) is 0 Å². The second kappa shape index (κ2) is 5.70. The van der Waals surface area contributed by atoms with E-state index in [0.29, 0.717) is 6.54 Å². The van der Waals surface area contributed by atoms with Crippen LogP contribution in [0.25, 0.3) is 0 Å². The Hall–Kier alpha value is -1.42. The molecule has 2 atom stereocenters. The molecule has 1 aliphatic rings. The van der Waals surface area contributed by atoms with Gasteiger partial charge in [-0.3, -0.25) is 9.78 Å². The van der Waals surface area contributed by atoms with Gasteiger partial charge in [-0.1, -0.05) is 18.9 Å². The monoisotopic (exact) mass is 261 g/mol. The van der Waals surface area contributed by atoms with Gasteiger partial charge in [0, 0.05) is 11.7 Å². The van der Waals surface area contributed by atoms with Crippen molar-refractivity contribution in [2.24, 2.45) is 11.7 Å². The van der Waals surface area contributed by atoms with Crippen LogP contribution >= 0.6 is 0 Å². The molecular formula is C15H23N3O. The number of nitrogens with zero attached hydrogens (tertiary/aromatic N) is 1. The first kappa shape index (κ1) is 14.0. The van der Waals surface area contributed by atoms with Crippen LogP contribution in [0.15, 0.2) is 18.3 Å². The topological polar surface area (TPSA) is 68.0 Å². The highest BCUT2D eigenvalue weighted by molar-refractivity contribution is 5.80. The molecule has 0 radical (unpaired) electrons. The van der Waals surface area contributed by atoms with Crippen molar-refractivity contribution in [2.75, 3.05) is 0 Å². The van der Waals surface area contributed by atoms with Gasteiger partial charge in [0.1, 0.15) is 0 Å². The van der Waals surface area contributed by atoms with Gasteiger partial charge in [-0.25, -0.2) is 0 Å². The molecule has 1 heterocycles. The molecule has 19 heavy (non-hydrogen) atoms. The van der Waals surface area contributed by atoms with Gasteiger partial charge >= 0.3 is 0 Å². The van der Waals surface area contributed by atoms with E-state index in [0.717, 1.165) is 36.9 Å². The number of nitrogens with two attached hydrogens (primary N) is 1. The van der Waals surface area contributed by atoms with E-state index in [9.17, 15) is 4.79 Å². The summed E-state index contributed by atoms with van der Waals surface area (Å²) in [5.74, 6) is -0.0139. The third-order valence-corrected chi connectivity index (χ3v) is 4.12. The van der Waals surface area contributed by atoms with E-state index in [1.807, 2.05) is 26.0 Å². The van der Waals surface area contributed by atoms with Crippen LogP contribution in [0, 0.1) is 12.8 Å². The van der Waals surface area contributed by atoms with Crippen molar-refractivity contribution in [3.8, 4) is 0 Å². The molecule has 0 aliphatic heterocycles. The zero-order chi connectivity index (χ0) is 13.9. The molecular weight excluding hydrogens is 238 g/mol. The zero-order valence-corrected chi connectivity index (χ0v) is 11.8. The normalized spacial score (nSPS) is 27.0. The number of hydrogen-bond acceptors (Lipinski definition) is 3. The van der Waals surface area contributed by atoms with Crippen molar-refractivity contribution in [1.29, 1.82) is 0 Å². The van der Waals surface area contributed by atoms with Gasteiger partial charge in [-0.15, -0.1) is 0 Å². The quantitative estimate of drug-likeness (QED) is 0.873. The van der Waals surface area contributed by atoms with Gasteiger partial charge < -0.3 is 11.1 Å². The molecule has 1 saturated carbocycles. The summed E-state index contributed by atoms with van der Waals surface area (Å²) in [6.45, 7) is 4.47. The molecule has 2 unspecified atom stereocenters. The van der Waals surface area contributed by atoms with Gasteiger partial charge in [0.25, 0.3) is 0 Å². The van der Waals surface area contributed by atoms with Crippen LogP contribution in [-0.4, -0.2) is 16.4 Å². The average molecular weight is 261 g/mol. The third kappa shape index (κ3) is 3.32. The Morgan fingerprint density at radius 2 is 2.37 bits per heavy atom. The number of aryl methyl sites for hydroxylation is 1. The van der Waals surface area contributed by atoms with Gasteiger partial charge in [0.2, 0.25) is 5.91 Å². The summed E-state index contributed by atoms with van der Waals surface area (Å²) in [4.78, 5) is 16.6. The lowest BCUT2D eigenvalue weighted by Crippen LogP contribution is -2.52. The lowest BCUT2D eigenvalue weighted by molar-refractivity contribution is -0.128. The highest BCUT2D eigenvalue weighted by Gasteiger charge is 2.37. The van der Waals surface area contributed by atoms with E-state index >= 15 is 0 Å². The first-order valence-corrected chi connectivity index (χ1v) is 6.98. The number of aromatic nitrogens is 1. The van der Waals surface area contributed by atoms with Crippen molar-refractivity contribution in [1.82, 2.24) is 10.3 Å². The molecule has 1 aliphatic carbocycles. The third-order valence-electron chi connectivity index (χ3n) is 4.12. The fourth-order valence-electron chi connectivity index (χ4n) is 2.79. The van der Waals surface area contributed by atoms with Crippen molar-refractivity contribution < 1.29 is 4.79 Å². The predicted octanol–water partition coefficient (Wildman–Crippen LogP) is 1.91. The minimum absolute atomic E-state index is 0.0646. The highest BCUT2D eigenvalue weighted by Crippen LogP contribution is 2.31. The van der Waals surface area contributed by atoms with E-state index < -0.39 is 0 Å². The Kier molecular flexibility index (Phi) is 4.20. The average Bonchev–Trinajstić information content (AvgIpc) is 2.37. The van der Waals surface area contributed by atoms with Gasteiger partial charge in [-0.2, -0.15) is 0 Å². The van der Waals surface area contributed by atoms with Crippen LogP contribution in [0.1, 0.15) is 43.9 Å². The molecule has 2 rings (SSSR count). The van der Waals surface area contributed by atoms with Crippen molar-refractivity contribution in [3.05, 3.63) is 29.6 Å². The molecule has 3 N–H and O–H groups in total. The largest absolute Gasteiger partial charge is 0.350 e. The molecule has 0 bridgehead atoms. The van der Waals surface area contributed by atoms with Crippen LogP contribution in [0.5, 0.6) is 0 Å². The molecule has 4 heteroatoms. The standard InChI is InChI=1S/C15H23N3O/c1-11-6-5-9-17-13(11)10-18-14(19)12-7-3-4-8-15(12,2)16/h5-6,9,12H,3-4,7-8,10,16H2,1-2H3,(H,18,19). The lowest BCUT2D eigenvalue weighted by Gasteiger charge is -2.37. The van der Waals surface area contributed by atoms with E-state index in [-0.39, 0.29) is 17.4 Å². The van der Waals surface area contributed by atoms with Crippen LogP contribution in [-0.2, 0) is 11.3 Å². The molecule has 1 aromatic heterocycles. The fraction of sp³-hybridized carbons (Fsp3) is 0.600. The Morgan fingerprint density at radius 1 is 1.58 bits per heavy atom. The van der Waals surface area contributed by atoms with Crippen molar-refractivity contribution in [2.45, 2.75) is 51.6 Å². The Morgan fingerprint density at radius 3 is 3.05 bits per heavy atom. The number of carbonyl (C=O) groups is 1. The summed E-state index contributed by atoms with van der Waals surface area (Å²) in [5, 5.41) is 2.98. The molecule has 1 amide bonds. The molecule has 104 valence electrons. The summed E-state index contributed by atoms with van der Waals surface area (Å²) in [6.07, 6.45) is 5.78. The second-order valence-electron chi connectivity index (χ2n) is 5.79. The number of rotatable bonds is 3. The summed E-state index contributed by atoms with van der Waals surface area (Å²) < 4.78 is 0. The van der Waals surface area contributed by atoms with E-state index in [1.54, 1.807) is 6.20 Å². The first-order valence-electron chi connectivity index (χ1n) is 6.98. The lowest BCUT2D eigenvalue weighted by atomic mass is 9.74. The van der Waals surface area contributed by atoms with Crippen LogP contribution in [0.4, 0.5) is 0 Å². The highest BCUT2D eigenvalue weighted by atomic mass is 16.1. The molecule has 0 saturated heterocycles. The smallest absolute Gasteiger partial charge is 0.225 e. The molecule has 1 fully saturated rings. The maximum absolute atomic E-state index is 12.3. The van der Waals surface area contributed by atoms with E-state index in [1.165, 1.54) is 0 Å². The second-order valence-corrected chi connectivity index (χ2v) is 5.79. The SMILES string of the molecule is Cc1cccnc1CNC(=O)C1CCCCC1(C)N. The summed E-state index contributed by atoms with van der Waals surface area (Å²) in [7, 11) is 0. The number of nitrogens with one attached hydrogen (secondary N) is 1. The van der Waals surface area contributed by atoms with Gasteiger partial charge in [-0.05, 0) is 38.3 Å². The molecule has 4 nitrogen and oxygen atoms in total. The van der Waals surface area contributed by atoms with Crippen molar-refractivity contribution >= 4 is 5.91 Å². The zero-order valence-electron chi connectivity index (χ0n) is 11.8. The molecule has 0 aromatic carbocycles. The number of carbonyl (C=O) groups excluding carboxylic acids is 1. The maximum Gasteiger partial charge on any atom is 0.225 e. The first-order chi connectivity index (χ1) is 9.00. The minimum Gasteiger partial charge on any atom is -0.350 e. The Bertz CT molecular complexity index is 456. The van der Waals surface area contributed by atoms with Crippen molar-refractivity contribution in [3.63, 3.8) is 0 Å². The number of hydrogen-bond donors (Lipinski definition) is 2. The maximum atomic E-state index is 12.3. The Balaban J connectivity index is 1.96. The number of pyridine rings is 1. The predicted molar refractivity (Wildman–Crippen MR) is 75.4 cm³/mol.